The summed E-state index contributed by atoms with van der Waals surface area (Å²) in [6.07, 6.45) is 3.86. The van der Waals surface area contributed by atoms with Gasteiger partial charge in [-0.05, 0) is 55.0 Å². The van der Waals surface area contributed by atoms with Gasteiger partial charge in [-0.1, -0.05) is 42.5 Å². The number of nitrogens with two attached hydrogens (primary N) is 1. The van der Waals surface area contributed by atoms with Crippen LogP contribution in [0.1, 0.15) is 24.0 Å². The second-order valence-corrected chi connectivity index (χ2v) is 6.18. The molecule has 110 valence electrons. The zero-order valence-electron chi connectivity index (χ0n) is 12.5. The maximum atomic E-state index is 5.87. The minimum Gasteiger partial charge on any atom is -0.399 e. The van der Waals surface area contributed by atoms with E-state index in [0.29, 0.717) is 0 Å². The summed E-state index contributed by atoms with van der Waals surface area (Å²) in [6.45, 7) is 3.43. The minimum absolute atomic E-state index is 0.780. The summed E-state index contributed by atoms with van der Waals surface area (Å²) in [7, 11) is 0. The van der Waals surface area contributed by atoms with Crippen molar-refractivity contribution in [2.75, 3.05) is 18.8 Å². The first-order valence-corrected chi connectivity index (χ1v) is 7.90. The van der Waals surface area contributed by atoms with Crippen LogP contribution >= 0.6 is 0 Å². The number of benzene rings is 2. The normalized spacial score (nSPS) is 19.5. The van der Waals surface area contributed by atoms with Crippen molar-refractivity contribution in [1.29, 1.82) is 0 Å². The number of anilines is 1. The Kier molecular flexibility index (Phi) is 4.56. The third-order valence-electron chi connectivity index (χ3n) is 4.33. The van der Waals surface area contributed by atoms with Crippen molar-refractivity contribution < 1.29 is 0 Å². The van der Waals surface area contributed by atoms with Crippen LogP contribution in [0.4, 0.5) is 5.69 Å². The number of likely N-dealkylation sites (tertiary alicyclic amines) is 1. The first-order chi connectivity index (χ1) is 10.3. The molecule has 1 aliphatic rings. The van der Waals surface area contributed by atoms with Gasteiger partial charge in [0.25, 0.3) is 0 Å². The van der Waals surface area contributed by atoms with Crippen molar-refractivity contribution in [2.24, 2.45) is 5.92 Å². The molecule has 2 N–H and O–H groups in total. The first-order valence-electron chi connectivity index (χ1n) is 7.90. The molecule has 2 aromatic carbocycles. The lowest BCUT2D eigenvalue weighted by molar-refractivity contribution is 0.167. The standard InChI is InChI=1S/C19H24N2/c20-19-10-4-8-18(13-19)15-21-11-5-9-17(14-21)12-16-6-2-1-3-7-16/h1-4,6-8,10,13,17H,5,9,11-12,14-15,20H2. The molecule has 1 saturated heterocycles. The highest BCUT2D eigenvalue weighted by Crippen LogP contribution is 2.22. The molecular formula is C19H24N2. The van der Waals surface area contributed by atoms with Crippen LogP contribution in [0.5, 0.6) is 0 Å². The van der Waals surface area contributed by atoms with Crippen molar-refractivity contribution >= 4 is 5.69 Å². The highest BCUT2D eigenvalue weighted by molar-refractivity contribution is 5.40. The van der Waals surface area contributed by atoms with Crippen LogP contribution in [0.25, 0.3) is 0 Å². The van der Waals surface area contributed by atoms with Crippen LogP contribution in [0.3, 0.4) is 0 Å². The molecule has 1 fully saturated rings. The third kappa shape index (κ3) is 4.08. The maximum absolute atomic E-state index is 5.87. The lowest BCUT2D eigenvalue weighted by Gasteiger charge is -2.33. The van der Waals surface area contributed by atoms with Gasteiger partial charge in [0.1, 0.15) is 0 Å². The van der Waals surface area contributed by atoms with E-state index >= 15 is 0 Å². The fourth-order valence-corrected chi connectivity index (χ4v) is 3.36. The summed E-state index contributed by atoms with van der Waals surface area (Å²) in [4.78, 5) is 2.58. The van der Waals surface area contributed by atoms with E-state index < -0.39 is 0 Å². The molecule has 0 amide bonds. The smallest absolute Gasteiger partial charge is 0.0317 e. The molecule has 1 unspecified atom stereocenters. The van der Waals surface area contributed by atoms with Crippen LogP contribution in [0.15, 0.2) is 54.6 Å². The van der Waals surface area contributed by atoms with Crippen LogP contribution in [-0.4, -0.2) is 18.0 Å². The molecule has 0 radical (unpaired) electrons. The highest BCUT2D eigenvalue weighted by Gasteiger charge is 2.20. The van der Waals surface area contributed by atoms with E-state index in [2.05, 4.69) is 53.4 Å². The summed E-state index contributed by atoms with van der Waals surface area (Å²) in [5.41, 5.74) is 9.54. The molecule has 0 saturated carbocycles. The first kappa shape index (κ1) is 14.2. The third-order valence-corrected chi connectivity index (χ3v) is 4.33. The average molecular weight is 280 g/mol. The topological polar surface area (TPSA) is 29.3 Å². The Morgan fingerprint density at radius 2 is 1.81 bits per heavy atom. The van der Waals surface area contributed by atoms with E-state index in [1.807, 2.05) is 6.07 Å². The fourth-order valence-electron chi connectivity index (χ4n) is 3.36. The minimum atomic E-state index is 0.780. The predicted octanol–water partition coefficient (Wildman–Crippen LogP) is 3.72. The van der Waals surface area contributed by atoms with E-state index in [-0.39, 0.29) is 0 Å². The Labute approximate surface area is 127 Å². The zero-order chi connectivity index (χ0) is 14.5. The molecule has 0 bridgehead atoms. The quantitative estimate of drug-likeness (QED) is 0.865. The fraction of sp³-hybridized carbons (Fsp3) is 0.368. The summed E-state index contributed by atoms with van der Waals surface area (Å²) in [5, 5.41) is 0. The number of hydrogen-bond acceptors (Lipinski definition) is 2. The summed E-state index contributed by atoms with van der Waals surface area (Å²) < 4.78 is 0. The van der Waals surface area contributed by atoms with E-state index in [1.54, 1.807) is 0 Å². The van der Waals surface area contributed by atoms with Gasteiger partial charge in [0, 0.05) is 18.8 Å². The van der Waals surface area contributed by atoms with E-state index in [9.17, 15) is 0 Å². The molecule has 0 spiro atoms. The second-order valence-electron chi connectivity index (χ2n) is 6.18. The van der Waals surface area contributed by atoms with E-state index in [4.69, 9.17) is 5.73 Å². The van der Waals surface area contributed by atoms with Gasteiger partial charge < -0.3 is 5.73 Å². The van der Waals surface area contributed by atoms with Gasteiger partial charge in [0.2, 0.25) is 0 Å². The predicted molar refractivity (Wildman–Crippen MR) is 89.0 cm³/mol. The van der Waals surface area contributed by atoms with Crippen LogP contribution in [0.2, 0.25) is 0 Å². The van der Waals surface area contributed by atoms with Gasteiger partial charge in [0.05, 0.1) is 0 Å². The molecule has 0 aromatic heterocycles. The molecule has 2 nitrogen and oxygen atoms in total. The van der Waals surface area contributed by atoms with E-state index in [1.165, 1.54) is 43.5 Å². The van der Waals surface area contributed by atoms with Gasteiger partial charge in [-0.25, -0.2) is 0 Å². The SMILES string of the molecule is Nc1cccc(CN2CCCC(Cc3ccccc3)C2)c1. The number of nitrogen functional groups attached to an aromatic ring is 1. The van der Waals surface area contributed by atoms with Crippen molar-refractivity contribution in [1.82, 2.24) is 4.90 Å². The number of rotatable bonds is 4. The van der Waals surface area contributed by atoms with Crippen molar-refractivity contribution in [2.45, 2.75) is 25.8 Å². The van der Waals surface area contributed by atoms with E-state index in [0.717, 1.165) is 18.2 Å². The maximum Gasteiger partial charge on any atom is 0.0317 e. The molecule has 0 aliphatic carbocycles. The molecular weight excluding hydrogens is 256 g/mol. The Bertz CT molecular complexity index is 565. The molecule has 1 heterocycles. The Balaban J connectivity index is 1.58. The van der Waals surface area contributed by atoms with Crippen molar-refractivity contribution in [3.8, 4) is 0 Å². The largest absolute Gasteiger partial charge is 0.399 e. The van der Waals surface area contributed by atoms with Gasteiger partial charge >= 0.3 is 0 Å². The summed E-state index contributed by atoms with van der Waals surface area (Å²) >= 11 is 0. The Morgan fingerprint density at radius 3 is 2.62 bits per heavy atom. The van der Waals surface area contributed by atoms with Crippen LogP contribution in [0, 0.1) is 5.92 Å². The molecule has 2 heteroatoms. The van der Waals surface area contributed by atoms with Crippen LogP contribution in [-0.2, 0) is 13.0 Å². The lowest BCUT2D eigenvalue weighted by Crippen LogP contribution is -2.35. The molecule has 1 atom stereocenters. The van der Waals surface area contributed by atoms with Gasteiger partial charge in [0.15, 0.2) is 0 Å². The number of nitrogens with zero attached hydrogens (tertiary/aromatic N) is 1. The molecule has 1 aliphatic heterocycles. The van der Waals surface area contributed by atoms with Crippen molar-refractivity contribution in [3.05, 3.63) is 65.7 Å². The summed E-state index contributed by atoms with van der Waals surface area (Å²) in [5.74, 6) is 0.780. The molecule has 3 rings (SSSR count). The summed E-state index contributed by atoms with van der Waals surface area (Å²) in [6, 6.07) is 19.2. The van der Waals surface area contributed by atoms with Crippen molar-refractivity contribution in [3.63, 3.8) is 0 Å². The number of hydrogen-bond donors (Lipinski definition) is 1. The van der Waals surface area contributed by atoms with Gasteiger partial charge in [-0.3, -0.25) is 4.90 Å². The van der Waals surface area contributed by atoms with Crippen LogP contribution < -0.4 is 5.73 Å². The zero-order valence-corrected chi connectivity index (χ0v) is 12.5. The van der Waals surface area contributed by atoms with Gasteiger partial charge in [-0.15, -0.1) is 0 Å². The Morgan fingerprint density at radius 1 is 1.00 bits per heavy atom. The molecule has 2 aromatic rings. The lowest BCUT2D eigenvalue weighted by atomic mass is 9.91. The Hall–Kier alpha value is -1.80. The second kappa shape index (κ2) is 6.77. The highest BCUT2D eigenvalue weighted by atomic mass is 15.1. The monoisotopic (exact) mass is 280 g/mol. The van der Waals surface area contributed by atoms with Gasteiger partial charge in [-0.2, -0.15) is 0 Å². The molecule has 21 heavy (non-hydrogen) atoms. The average Bonchev–Trinajstić information content (AvgIpc) is 2.49. The number of piperidine rings is 1.